The number of hydrogen-bond donors (Lipinski definition) is 2. The molecule has 3 amide bonds. The molecule has 0 bridgehead atoms. The summed E-state index contributed by atoms with van der Waals surface area (Å²) in [5.41, 5.74) is 2.20. The van der Waals surface area contributed by atoms with Gasteiger partial charge < -0.3 is 15.5 Å². The molecular formula is C22H31N3O3. The van der Waals surface area contributed by atoms with Crippen LogP contribution in [0.5, 0.6) is 0 Å². The summed E-state index contributed by atoms with van der Waals surface area (Å²) in [7, 11) is 0. The number of fused-ring (bicyclic) bond motifs is 1. The first-order valence-corrected chi connectivity index (χ1v) is 10.4. The number of para-hydroxylation sites is 1. The van der Waals surface area contributed by atoms with E-state index in [2.05, 4.69) is 16.7 Å². The van der Waals surface area contributed by atoms with Crippen LogP contribution in [0.2, 0.25) is 0 Å². The topological polar surface area (TPSA) is 78.5 Å². The summed E-state index contributed by atoms with van der Waals surface area (Å²) in [6.45, 7) is 5.17. The van der Waals surface area contributed by atoms with Crippen LogP contribution in [0.15, 0.2) is 24.3 Å². The summed E-state index contributed by atoms with van der Waals surface area (Å²) in [5.74, 6) is -0.616. The zero-order chi connectivity index (χ0) is 20.1. The van der Waals surface area contributed by atoms with Crippen LogP contribution in [0.3, 0.4) is 0 Å². The first-order valence-electron chi connectivity index (χ1n) is 10.4. The van der Waals surface area contributed by atoms with Gasteiger partial charge in [-0.2, -0.15) is 0 Å². The molecule has 1 aliphatic carbocycles. The number of amides is 3. The zero-order valence-corrected chi connectivity index (χ0v) is 16.9. The fourth-order valence-corrected chi connectivity index (χ4v) is 4.21. The van der Waals surface area contributed by atoms with Crippen molar-refractivity contribution in [2.45, 2.75) is 46.0 Å². The van der Waals surface area contributed by atoms with E-state index in [0.717, 1.165) is 37.8 Å². The Balaban J connectivity index is 1.58. The molecule has 1 aromatic rings. The van der Waals surface area contributed by atoms with E-state index < -0.39 is 0 Å². The highest BCUT2D eigenvalue weighted by atomic mass is 16.2. The van der Waals surface area contributed by atoms with Crippen molar-refractivity contribution in [2.24, 2.45) is 17.8 Å². The van der Waals surface area contributed by atoms with Crippen molar-refractivity contribution in [3.05, 3.63) is 29.8 Å². The standard InChI is InChI=1S/C22H31N3O3/c1-15(2)20(26)23-12-13-24-21(27)17-8-4-5-9-18(17)22(28)25-14-11-16-7-3-6-10-19(16)25/h3,6-7,10,15,17-18H,4-5,8-9,11-14H2,1-2H3,(H,23,26)(H,24,27). The molecule has 28 heavy (non-hydrogen) atoms. The molecule has 3 rings (SSSR count). The second-order valence-corrected chi connectivity index (χ2v) is 8.10. The van der Waals surface area contributed by atoms with Crippen LogP contribution in [0.4, 0.5) is 5.69 Å². The predicted octanol–water partition coefficient (Wildman–Crippen LogP) is 2.27. The summed E-state index contributed by atoms with van der Waals surface area (Å²) in [5, 5.41) is 5.72. The van der Waals surface area contributed by atoms with E-state index >= 15 is 0 Å². The van der Waals surface area contributed by atoms with Crippen LogP contribution in [-0.2, 0) is 20.8 Å². The molecule has 2 aliphatic rings. The minimum Gasteiger partial charge on any atom is -0.354 e. The van der Waals surface area contributed by atoms with Crippen LogP contribution >= 0.6 is 0 Å². The first kappa shape index (κ1) is 20.4. The van der Waals surface area contributed by atoms with Crippen molar-refractivity contribution in [1.29, 1.82) is 0 Å². The molecule has 1 heterocycles. The van der Waals surface area contributed by atoms with Gasteiger partial charge in [0.2, 0.25) is 17.7 Å². The Morgan fingerprint density at radius 3 is 2.46 bits per heavy atom. The van der Waals surface area contributed by atoms with Crippen LogP contribution in [0.1, 0.15) is 45.1 Å². The second kappa shape index (κ2) is 9.22. The summed E-state index contributed by atoms with van der Waals surface area (Å²) in [4.78, 5) is 39.5. The van der Waals surface area contributed by atoms with Gasteiger partial charge in [-0.15, -0.1) is 0 Å². The quantitative estimate of drug-likeness (QED) is 0.738. The Hall–Kier alpha value is -2.37. The fraction of sp³-hybridized carbons (Fsp3) is 0.591. The van der Waals surface area contributed by atoms with E-state index in [-0.39, 0.29) is 35.5 Å². The maximum atomic E-state index is 13.3. The van der Waals surface area contributed by atoms with E-state index in [9.17, 15) is 14.4 Å². The molecule has 1 aromatic carbocycles. The lowest BCUT2D eigenvalue weighted by molar-refractivity contribution is -0.135. The maximum Gasteiger partial charge on any atom is 0.230 e. The summed E-state index contributed by atoms with van der Waals surface area (Å²) in [6, 6.07) is 8.03. The highest BCUT2D eigenvalue weighted by molar-refractivity contribution is 5.99. The predicted molar refractivity (Wildman–Crippen MR) is 109 cm³/mol. The van der Waals surface area contributed by atoms with Crippen molar-refractivity contribution in [3.8, 4) is 0 Å². The summed E-state index contributed by atoms with van der Waals surface area (Å²) in [6.07, 6.45) is 4.35. The van der Waals surface area contributed by atoms with Gasteiger partial charge in [0.1, 0.15) is 0 Å². The molecule has 0 saturated heterocycles. The number of rotatable bonds is 6. The molecule has 0 spiro atoms. The van der Waals surface area contributed by atoms with Crippen LogP contribution in [0.25, 0.3) is 0 Å². The van der Waals surface area contributed by atoms with Gasteiger partial charge in [0.15, 0.2) is 0 Å². The number of anilines is 1. The van der Waals surface area contributed by atoms with Gasteiger partial charge in [-0.25, -0.2) is 0 Å². The van der Waals surface area contributed by atoms with Crippen molar-refractivity contribution in [3.63, 3.8) is 0 Å². The van der Waals surface area contributed by atoms with E-state index in [4.69, 9.17) is 0 Å². The molecule has 152 valence electrons. The smallest absolute Gasteiger partial charge is 0.230 e. The molecular weight excluding hydrogens is 354 g/mol. The Bertz CT molecular complexity index is 731. The van der Waals surface area contributed by atoms with Gasteiger partial charge >= 0.3 is 0 Å². The van der Waals surface area contributed by atoms with Crippen molar-refractivity contribution < 1.29 is 14.4 Å². The van der Waals surface area contributed by atoms with Gasteiger partial charge in [0, 0.05) is 37.2 Å². The van der Waals surface area contributed by atoms with Gasteiger partial charge in [0.05, 0.1) is 5.92 Å². The van der Waals surface area contributed by atoms with E-state index in [0.29, 0.717) is 19.6 Å². The number of carbonyl (C=O) groups excluding carboxylic acids is 3. The molecule has 2 unspecified atom stereocenters. The largest absolute Gasteiger partial charge is 0.354 e. The lowest BCUT2D eigenvalue weighted by atomic mass is 9.77. The van der Waals surface area contributed by atoms with E-state index in [1.807, 2.05) is 36.9 Å². The zero-order valence-electron chi connectivity index (χ0n) is 16.9. The van der Waals surface area contributed by atoms with Gasteiger partial charge in [-0.1, -0.05) is 44.9 Å². The third-order valence-corrected chi connectivity index (χ3v) is 5.82. The van der Waals surface area contributed by atoms with Crippen LogP contribution in [0, 0.1) is 17.8 Å². The average molecular weight is 386 g/mol. The lowest BCUT2D eigenvalue weighted by Gasteiger charge is -2.32. The Labute approximate surface area is 167 Å². The van der Waals surface area contributed by atoms with Gasteiger partial charge in [-0.3, -0.25) is 14.4 Å². The van der Waals surface area contributed by atoms with Crippen LogP contribution < -0.4 is 15.5 Å². The highest BCUT2D eigenvalue weighted by Gasteiger charge is 2.39. The second-order valence-electron chi connectivity index (χ2n) is 8.10. The molecule has 1 fully saturated rings. The molecule has 6 nitrogen and oxygen atoms in total. The number of carbonyl (C=O) groups is 3. The third-order valence-electron chi connectivity index (χ3n) is 5.82. The van der Waals surface area contributed by atoms with Gasteiger partial charge in [0.25, 0.3) is 0 Å². The molecule has 2 atom stereocenters. The molecule has 1 aliphatic heterocycles. The fourth-order valence-electron chi connectivity index (χ4n) is 4.21. The normalized spacial score (nSPS) is 21.3. The molecule has 0 radical (unpaired) electrons. The minimum absolute atomic E-state index is 0.0207. The Kier molecular flexibility index (Phi) is 6.70. The number of nitrogens with one attached hydrogen (secondary N) is 2. The number of nitrogens with zero attached hydrogens (tertiary/aromatic N) is 1. The SMILES string of the molecule is CC(C)C(=O)NCCNC(=O)C1CCCCC1C(=O)N1CCc2ccccc21. The molecule has 1 saturated carbocycles. The van der Waals surface area contributed by atoms with Crippen molar-refractivity contribution >= 4 is 23.4 Å². The molecule has 6 heteroatoms. The van der Waals surface area contributed by atoms with Crippen molar-refractivity contribution in [2.75, 3.05) is 24.5 Å². The number of benzene rings is 1. The maximum absolute atomic E-state index is 13.3. The average Bonchev–Trinajstić information content (AvgIpc) is 3.14. The Morgan fingerprint density at radius 2 is 1.71 bits per heavy atom. The molecule has 0 aromatic heterocycles. The minimum atomic E-state index is -0.283. The van der Waals surface area contributed by atoms with Gasteiger partial charge in [-0.05, 0) is 30.9 Å². The van der Waals surface area contributed by atoms with E-state index in [1.54, 1.807) is 0 Å². The highest BCUT2D eigenvalue weighted by Crippen LogP contribution is 2.35. The third kappa shape index (κ3) is 4.54. The summed E-state index contributed by atoms with van der Waals surface area (Å²) >= 11 is 0. The van der Waals surface area contributed by atoms with Crippen molar-refractivity contribution in [1.82, 2.24) is 10.6 Å². The summed E-state index contributed by atoms with van der Waals surface area (Å²) < 4.78 is 0. The van der Waals surface area contributed by atoms with E-state index in [1.165, 1.54) is 5.56 Å². The Morgan fingerprint density at radius 1 is 1.04 bits per heavy atom. The number of hydrogen-bond acceptors (Lipinski definition) is 3. The van der Waals surface area contributed by atoms with Crippen LogP contribution in [-0.4, -0.2) is 37.4 Å². The first-order chi connectivity index (χ1) is 13.5. The monoisotopic (exact) mass is 385 g/mol. The molecule has 2 N–H and O–H groups in total. The lowest BCUT2D eigenvalue weighted by Crippen LogP contribution is -2.46.